The SMILES string of the molecule is CSCCC(NC(=O)C1(c2ccccc2)CCN(C(=O)OC(C)(C)C)CC1)C(=O)O. The fourth-order valence-corrected chi connectivity index (χ4v) is 4.06. The highest BCUT2D eigenvalue weighted by molar-refractivity contribution is 7.98. The average Bonchev–Trinajstić information content (AvgIpc) is 2.70. The topological polar surface area (TPSA) is 95.9 Å². The van der Waals surface area contributed by atoms with E-state index < -0.39 is 29.1 Å². The van der Waals surface area contributed by atoms with Gasteiger partial charge in [-0.1, -0.05) is 30.3 Å². The summed E-state index contributed by atoms with van der Waals surface area (Å²) in [6.07, 6.45) is 2.66. The van der Waals surface area contributed by atoms with Gasteiger partial charge in [0.05, 0.1) is 5.41 Å². The van der Waals surface area contributed by atoms with Crippen molar-refractivity contribution in [2.24, 2.45) is 0 Å². The minimum Gasteiger partial charge on any atom is -0.480 e. The van der Waals surface area contributed by atoms with Crippen molar-refractivity contribution in [2.45, 2.75) is 57.1 Å². The Morgan fingerprint density at radius 2 is 1.80 bits per heavy atom. The zero-order chi connectivity index (χ0) is 22.4. The van der Waals surface area contributed by atoms with Crippen LogP contribution < -0.4 is 5.32 Å². The molecule has 2 N–H and O–H groups in total. The number of carbonyl (C=O) groups is 3. The molecule has 0 aromatic heterocycles. The normalized spacial score (nSPS) is 17.1. The standard InChI is InChI=1S/C22H32N2O5S/c1-21(2,3)29-20(28)24-13-11-22(12-14-24,16-8-6-5-7-9-16)19(27)23-17(18(25)26)10-15-30-4/h5-9,17H,10-15H2,1-4H3,(H,23,27)(H,25,26). The van der Waals surface area contributed by atoms with Gasteiger partial charge in [-0.3, -0.25) is 4.79 Å². The second kappa shape index (κ2) is 10.2. The fraction of sp³-hybridized carbons (Fsp3) is 0.591. The number of nitrogens with zero attached hydrogens (tertiary/aromatic N) is 1. The monoisotopic (exact) mass is 436 g/mol. The molecule has 0 bridgehead atoms. The van der Waals surface area contributed by atoms with Gasteiger partial charge in [-0.25, -0.2) is 9.59 Å². The van der Waals surface area contributed by atoms with Crippen molar-refractivity contribution in [1.82, 2.24) is 10.2 Å². The lowest BCUT2D eigenvalue weighted by molar-refractivity contribution is -0.143. The predicted molar refractivity (Wildman–Crippen MR) is 118 cm³/mol. The Bertz CT molecular complexity index is 740. The van der Waals surface area contributed by atoms with Crippen LogP contribution in [0.3, 0.4) is 0 Å². The van der Waals surface area contributed by atoms with Gasteiger partial charge < -0.3 is 20.1 Å². The molecule has 1 saturated heterocycles. The molecule has 166 valence electrons. The summed E-state index contributed by atoms with van der Waals surface area (Å²) >= 11 is 1.54. The maximum absolute atomic E-state index is 13.4. The van der Waals surface area contributed by atoms with E-state index in [1.165, 1.54) is 0 Å². The Balaban J connectivity index is 2.22. The van der Waals surface area contributed by atoms with Crippen molar-refractivity contribution >= 4 is 29.7 Å². The number of likely N-dealkylation sites (tertiary alicyclic amines) is 1. The molecule has 1 heterocycles. The molecule has 2 amide bonds. The number of hydrogen-bond donors (Lipinski definition) is 2. The number of thioether (sulfide) groups is 1. The van der Waals surface area contributed by atoms with Gasteiger partial charge in [0.2, 0.25) is 5.91 Å². The van der Waals surface area contributed by atoms with Crippen LogP contribution in [0.25, 0.3) is 0 Å². The molecule has 0 aliphatic carbocycles. The molecule has 2 rings (SSSR count). The molecule has 1 aliphatic heterocycles. The predicted octanol–water partition coefficient (Wildman–Crippen LogP) is 3.28. The Hall–Kier alpha value is -2.22. The van der Waals surface area contributed by atoms with Crippen molar-refractivity contribution in [3.63, 3.8) is 0 Å². The molecule has 30 heavy (non-hydrogen) atoms. The lowest BCUT2D eigenvalue weighted by Gasteiger charge is -2.41. The largest absolute Gasteiger partial charge is 0.480 e. The molecule has 0 spiro atoms. The number of hydrogen-bond acceptors (Lipinski definition) is 5. The molecular formula is C22H32N2O5S. The minimum atomic E-state index is -1.04. The molecule has 0 saturated carbocycles. The zero-order valence-corrected chi connectivity index (χ0v) is 19.0. The number of benzene rings is 1. The maximum atomic E-state index is 13.4. The van der Waals surface area contributed by atoms with Gasteiger partial charge in [0.25, 0.3) is 0 Å². The van der Waals surface area contributed by atoms with Crippen LogP contribution >= 0.6 is 11.8 Å². The third-order valence-corrected chi connectivity index (χ3v) is 5.89. The number of rotatable bonds is 7. The lowest BCUT2D eigenvalue weighted by atomic mass is 9.72. The number of ether oxygens (including phenoxy) is 1. The molecule has 1 unspecified atom stereocenters. The first-order valence-corrected chi connectivity index (χ1v) is 11.5. The first-order chi connectivity index (χ1) is 14.1. The molecule has 1 aromatic rings. The Labute approximate surface area is 182 Å². The van der Waals surface area contributed by atoms with Gasteiger partial charge in [0.1, 0.15) is 11.6 Å². The molecule has 8 heteroatoms. The summed E-state index contributed by atoms with van der Waals surface area (Å²) in [6.45, 7) is 6.17. The molecular weight excluding hydrogens is 404 g/mol. The van der Waals surface area contributed by atoms with E-state index in [1.54, 1.807) is 16.7 Å². The Morgan fingerprint density at radius 1 is 1.20 bits per heavy atom. The van der Waals surface area contributed by atoms with E-state index in [9.17, 15) is 19.5 Å². The molecule has 1 fully saturated rings. The number of aliphatic carboxylic acids is 1. The first kappa shape index (κ1) is 24.1. The summed E-state index contributed by atoms with van der Waals surface area (Å²) in [4.78, 5) is 39.1. The summed E-state index contributed by atoms with van der Waals surface area (Å²) in [5.74, 6) is -0.694. The summed E-state index contributed by atoms with van der Waals surface area (Å²) in [5, 5.41) is 12.3. The zero-order valence-electron chi connectivity index (χ0n) is 18.1. The summed E-state index contributed by atoms with van der Waals surface area (Å²) in [6, 6.07) is 8.46. The molecule has 0 radical (unpaired) electrons. The van der Waals surface area contributed by atoms with Gasteiger partial charge in [-0.2, -0.15) is 11.8 Å². The minimum absolute atomic E-state index is 0.300. The molecule has 1 aromatic carbocycles. The molecule has 1 atom stereocenters. The van der Waals surface area contributed by atoms with E-state index in [4.69, 9.17) is 4.74 Å². The van der Waals surface area contributed by atoms with Crippen LogP contribution in [0.5, 0.6) is 0 Å². The van der Waals surface area contributed by atoms with Crippen molar-refractivity contribution in [3.8, 4) is 0 Å². The second-order valence-electron chi connectivity index (χ2n) is 8.56. The Kier molecular flexibility index (Phi) is 8.18. The van der Waals surface area contributed by atoms with Gasteiger partial charge in [0.15, 0.2) is 0 Å². The number of carboxylic acids is 1. The second-order valence-corrected chi connectivity index (χ2v) is 9.55. The van der Waals surface area contributed by atoms with Crippen molar-refractivity contribution in [1.29, 1.82) is 0 Å². The van der Waals surface area contributed by atoms with E-state index in [2.05, 4.69) is 5.32 Å². The first-order valence-electron chi connectivity index (χ1n) is 10.2. The number of piperidine rings is 1. The number of nitrogens with one attached hydrogen (secondary N) is 1. The number of amides is 2. The van der Waals surface area contributed by atoms with Crippen molar-refractivity contribution < 1.29 is 24.2 Å². The van der Waals surface area contributed by atoms with Crippen molar-refractivity contribution in [2.75, 3.05) is 25.1 Å². The fourth-order valence-electron chi connectivity index (χ4n) is 3.59. The van der Waals surface area contributed by atoms with E-state index >= 15 is 0 Å². The van der Waals surface area contributed by atoms with Gasteiger partial charge >= 0.3 is 12.1 Å². The van der Waals surface area contributed by atoms with E-state index in [0.717, 1.165) is 5.56 Å². The van der Waals surface area contributed by atoms with Crippen LogP contribution in [0.1, 0.15) is 45.6 Å². The van der Waals surface area contributed by atoms with Crippen LogP contribution in [-0.2, 0) is 19.7 Å². The van der Waals surface area contributed by atoms with Gasteiger partial charge in [0, 0.05) is 13.1 Å². The smallest absolute Gasteiger partial charge is 0.410 e. The molecule has 1 aliphatic rings. The van der Waals surface area contributed by atoms with Crippen LogP contribution in [0.4, 0.5) is 4.79 Å². The highest BCUT2D eigenvalue weighted by atomic mass is 32.2. The summed E-state index contributed by atoms with van der Waals surface area (Å²) < 4.78 is 5.46. The average molecular weight is 437 g/mol. The van der Waals surface area contributed by atoms with Crippen LogP contribution in [0.2, 0.25) is 0 Å². The highest BCUT2D eigenvalue weighted by Crippen LogP contribution is 2.36. The summed E-state index contributed by atoms with van der Waals surface area (Å²) in [5.41, 5.74) is -0.637. The van der Waals surface area contributed by atoms with Crippen LogP contribution in [0.15, 0.2) is 30.3 Å². The summed E-state index contributed by atoms with van der Waals surface area (Å²) in [7, 11) is 0. The molecule has 7 nitrogen and oxygen atoms in total. The van der Waals surface area contributed by atoms with Gasteiger partial charge in [-0.05, 0) is 57.6 Å². The number of carboxylic acid groups (broad SMARTS) is 1. The van der Waals surface area contributed by atoms with Gasteiger partial charge in [-0.15, -0.1) is 0 Å². The van der Waals surface area contributed by atoms with Crippen LogP contribution in [0, 0.1) is 0 Å². The Morgan fingerprint density at radius 3 is 2.30 bits per heavy atom. The lowest BCUT2D eigenvalue weighted by Crippen LogP contribution is -2.56. The maximum Gasteiger partial charge on any atom is 0.410 e. The van der Waals surface area contributed by atoms with Crippen molar-refractivity contribution in [3.05, 3.63) is 35.9 Å². The third-order valence-electron chi connectivity index (χ3n) is 5.24. The van der Waals surface area contributed by atoms with E-state index in [0.29, 0.717) is 38.1 Å². The number of carbonyl (C=O) groups excluding carboxylic acids is 2. The van der Waals surface area contributed by atoms with E-state index in [-0.39, 0.29) is 5.91 Å². The highest BCUT2D eigenvalue weighted by Gasteiger charge is 2.45. The quantitative estimate of drug-likeness (QED) is 0.681. The third kappa shape index (κ3) is 6.14. The van der Waals surface area contributed by atoms with Crippen LogP contribution in [-0.4, -0.2) is 64.7 Å². The van der Waals surface area contributed by atoms with E-state index in [1.807, 2.05) is 57.4 Å².